The van der Waals surface area contributed by atoms with E-state index in [1.54, 1.807) is 0 Å². The van der Waals surface area contributed by atoms with Crippen LogP contribution in [0.5, 0.6) is 0 Å². The Kier molecular flexibility index (Phi) is 11.0. The molecule has 0 aliphatic rings. The molecule has 114 valence electrons. The first-order valence-corrected chi connectivity index (χ1v) is 7.88. The van der Waals surface area contributed by atoms with E-state index in [4.69, 9.17) is 0 Å². The molecule has 0 bridgehead atoms. The maximum atomic E-state index is 13.9. The second kappa shape index (κ2) is 11.7. The van der Waals surface area contributed by atoms with E-state index in [9.17, 15) is 4.39 Å². The fourth-order valence-electron chi connectivity index (χ4n) is 2.00. The molecule has 0 fully saturated rings. The van der Waals surface area contributed by atoms with Crippen LogP contribution in [0, 0.1) is 5.92 Å². The van der Waals surface area contributed by atoms with Crippen LogP contribution in [-0.2, 0) is 0 Å². The zero-order valence-electron chi connectivity index (χ0n) is 13.7. The summed E-state index contributed by atoms with van der Waals surface area (Å²) < 4.78 is 13.9. The van der Waals surface area contributed by atoms with E-state index in [0.717, 1.165) is 29.9 Å². The van der Waals surface area contributed by atoms with Gasteiger partial charge in [-0.05, 0) is 50.2 Å². The Labute approximate surface area is 125 Å². The van der Waals surface area contributed by atoms with Gasteiger partial charge in [0.15, 0.2) is 0 Å². The molecule has 0 nitrogen and oxygen atoms in total. The number of halogens is 1. The van der Waals surface area contributed by atoms with Gasteiger partial charge in [-0.2, -0.15) is 0 Å². The van der Waals surface area contributed by atoms with Crippen molar-refractivity contribution in [2.45, 2.75) is 66.2 Å². The molecule has 0 spiro atoms. The molecule has 0 saturated carbocycles. The monoisotopic (exact) mass is 278 g/mol. The molecule has 0 aromatic rings. The van der Waals surface area contributed by atoms with E-state index < -0.39 is 0 Å². The van der Waals surface area contributed by atoms with Gasteiger partial charge in [-0.15, -0.1) is 0 Å². The standard InChI is InChI=1S/C19H31F/c1-6-13-19(20)18(17(5)8-3)15-12-10-9-11-14-16(4)7-2/h6,10,12-13,16H,1,7-9,11,14-15H2,2-5H3/b12-10?,18-17-,19-13+. The molecule has 0 radical (unpaired) electrons. The molecule has 1 heteroatoms. The second-order valence-electron chi connectivity index (χ2n) is 5.48. The lowest BCUT2D eigenvalue weighted by molar-refractivity contribution is 0.498. The molecule has 0 amide bonds. The fraction of sp³-hybridized carbons (Fsp3) is 0.579. The topological polar surface area (TPSA) is 0 Å². The van der Waals surface area contributed by atoms with Gasteiger partial charge in [0.2, 0.25) is 0 Å². The lowest BCUT2D eigenvalue weighted by Crippen LogP contribution is -1.91. The Hall–Kier alpha value is -1.11. The average molecular weight is 278 g/mol. The van der Waals surface area contributed by atoms with Gasteiger partial charge < -0.3 is 0 Å². The summed E-state index contributed by atoms with van der Waals surface area (Å²) in [6.45, 7) is 12.2. The van der Waals surface area contributed by atoms with Crippen molar-refractivity contribution in [3.05, 3.63) is 47.9 Å². The summed E-state index contributed by atoms with van der Waals surface area (Å²) in [6, 6.07) is 0. The van der Waals surface area contributed by atoms with E-state index >= 15 is 0 Å². The number of rotatable bonds is 10. The first kappa shape index (κ1) is 18.9. The lowest BCUT2D eigenvalue weighted by Gasteiger charge is -2.07. The van der Waals surface area contributed by atoms with Crippen molar-refractivity contribution in [2.75, 3.05) is 0 Å². The quantitative estimate of drug-likeness (QED) is 0.231. The molecule has 20 heavy (non-hydrogen) atoms. The average Bonchev–Trinajstić information content (AvgIpc) is 2.45. The fourth-order valence-corrected chi connectivity index (χ4v) is 2.00. The highest BCUT2D eigenvalue weighted by atomic mass is 19.1. The molecule has 0 aromatic carbocycles. The highest BCUT2D eigenvalue weighted by Gasteiger charge is 2.05. The van der Waals surface area contributed by atoms with Crippen LogP contribution in [-0.4, -0.2) is 0 Å². The molecular weight excluding hydrogens is 247 g/mol. The van der Waals surface area contributed by atoms with Crippen molar-refractivity contribution < 1.29 is 4.39 Å². The molecular formula is C19H31F. The predicted molar refractivity (Wildman–Crippen MR) is 89.4 cm³/mol. The van der Waals surface area contributed by atoms with Crippen LogP contribution in [0.3, 0.4) is 0 Å². The summed E-state index contributed by atoms with van der Waals surface area (Å²) in [6.07, 6.45) is 13.7. The van der Waals surface area contributed by atoms with Gasteiger partial charge in [0.05, 0.1) is 0 Å². The SMILES string of the molecule is C=C/C=C(F)\C(CC=CCCCC(C)CC)=C(\C)CC. The molecule has 1 unspecified atom stereocenters. The number of hydrogen-bond acceptors (Lipinski definition) is 0. The zero-order valence-corrected chi connectivity index (χ0v) is 13.7. The summed E-state index contributed by atoms with van der Waals surface area (Å²) in [4.78, 5) is 0. The van der Waals surface area contributed by atoms with Crippen LogP contribution in [0.1, 0.15) is 66.2 Å². The van der Waals surface area contributed by atoms with Crippen molar-refractivity contribution >= 4 is 0 Å². The molecule has 1 atom stereocenters. The highest BCUT2D eigenvalue weighted by molar-refractivity contribution is 5.33. The third-order valence-corrected chi connectivity index (χ3v) is 3.85. The van der Waals surface area contributed by atoms with Crippen molar-refractivity contribution in [1.82, 2.24) is 0 Å². The van der Waals surface area contributed by atoms with Gasteiger partial charge in [0.25, 0.3) is 0 Å². The Balaban J connectivity index is 4.35. The summed E-state index contributed by atoms with van der Waals surface area (Å²) in [5, 5.41) is 0. The molecule has 0 aliphatic heterocycles. The minimum Gasteiger partial charge on any atom is -0.207 e. The minimum atomic E-state index is -0.149. The summed E-state index contributed by atoms with van der Waals surface area (Å²) in [5.41, 5.74) is 1.93. The van der Waals surface area contributed by atoms with E-state index in [0.29, 0.717) is 6.42 Å². The van der Waals surface area contributed by atoms with Gasteiger partial charge in [-0.3, -0.25) is 0 Å². The predicted octanol–water partition coefficient (Wildman–Crippen LogP) is 6.92. The van der Waals surface area contributed by atoms with Crippen LogP contribution in [0.15, 0.2) is 47.9 Å². The summed E-state index contributed by atoms with van der Waals surface area (Å²) in [5.74, 6) is 0.665. The minimum absolute atomic E-state index is 0.149. The molecule has 0 N–H and O–H groups in total. The molecule has 0 saturated heterocycles. The highest BCUT2D eigenvalue weighted by Crippen LogP contribution is 2.22. The Morgan fingerprint density at radius 2 is 1.95 bits per heavy atom. The van der Waals surface area contributed by atoms with Crippen LogP contribution >= 0.6 is 0 Å². The largest absolute Gasteiger partial charge is 0.207 e. The van der Waals surface area contributed by atoms with Crippen molar-refractivity contribution in [2.24, 2.45) is 5.92 Å². The first-order chi connectivity index (χ1) is 9.56. The van der Waals surface area contributed by atoms with Gasteiger partial charge >= 0.3 is 0 Å². The van der Waals surface area contributed by atoms with Gasteiger partial charge in [0, 0.05) is 0 Å². The maximum Gasteiger partial charge on any atom is 0.126 e. The van der Waals surface area contributed by atoms with Crippen molar-refractivity contribution in [1.29, 1.82) is 0 Å². The third kappa shape index (κ3) is 8.14. The van der Waals surface area contributed by atoms with Crippen molar-refractivity contribution in [3.63, 3.8) is 0 Å². The van der Waals surface area contributed by atoms with Gasteiger partial charge in [-0.25, -0.2) is 4.39 Å². The Morgan fingerprint density at radius 1 is 1.25 bits per heavy atom. The number of allylic oxidation sites excluding steroid dienone is 7. The third-order valence-electron chi connectivity index (χ3n) is 3.85. The first-order valence-electron chi connectivity index (χ1n) is 7.88. The van der Waals surface area contributed by atoms with E-state index in [2.05, 4.69) is 39.5 Å². The van der Waals surface area contributed by atoms with Gasteiger partial charge in [0.1, 0.15) is 5.83 Å². The lowest BCUT2D eigenvalue weighted by atomic mass is 10.0. The molecule has 0 aromatic heterocycles. The van der Waals surface area contributed by atoms with E-state index in [-0.39, 0.29) is 5.83 Å². The zero-order chi connectivity index (χ0) is 15.4. The van der Waals surface area contributed by atoms with E-state index in [1.807, 2.05) is 6.92 Å². The van der Waals surface area contributed by atoms with Crippen LogP contribution < -0.4 is 0 Å². The summed E-state index contributed by atoms with van der Waals surface area (Å²) in [7, 11) is 0. The number of hydrogen-bond donors (Lipinski definition) is 0. The van der Waals surface area contributed by atoms with Crippen LogP contribution in [0.2, 0.25) is 0 Å². The van der Waals surface area contributed by atoms with Crippen LogP contribution in [0.4, 0.5) is 4.39 Å². The molecule has 0 heterocycles. The maximum absolute atomic E-state index is 13.9. The number of unbranched alkanes of at least 4 members (excludes halogenated alkanes) is 1. The molecule has 0 rings (SSSR count). The normalized spacial score (nSPS) is 15.3. The Bertz CT molecular complexity index is 358. The summed E-state index contributed by atoms with van der Waals surface area (Å²) >= 11 is 0. The second-order valence-corrected chi connectivity index (χ2v) is 5.48. The van der Waals surface area contributed by atoms with Gasteiger partial charge in [-0.1, -0.05) is 64.0 Å². The van der Waals surface area contributed by atoms with Crippen molar-refractivity contribution in [3.8, 4) is 0 Å². The molecule has 0 aliphatic carbocycles. The van der Waals surface area contributed by atoms with E-state index in [1.165, 1.54) is 31.4 Å². The smallest absolute Gasteiger partial charge is 0.126 e. The van der Waals surface area contributed by atoms with Crippen LogP contribution in [0.25, 0.3) is 0 Å². The Morgan fingerprint density at radius 3 is 2.50 bits per heavy atom.